The van der Waals surface area contributed by atoms with Crippen LogP contribution < -0.4 is 5.32 Å². The van der Waals surface area contributed by atoms with Crippen LogP contribution in [0.4, 0.5) is 0 Å². The molecule has 0 aliphatic rings. The number of rotatable bonds is 5. The maximum atomic E-state index is 11.4. The standard InChI is InChI=1S/C11H22BrNO2/c1-10(2,3)15-6-9(14)13-8-11(4,5)7-12/h6-8H2,1-5H3,(H,13,14). The number of nitrogens with one attached hydrogen (secondary N) is 1. The summed E-state index contributed by atoms with van der Waals surface area (Å²) >= 11 is 3.41. The molecule has 0 saturated carbocycles. The molecular weight excluding hydrogens is 258 g/mol. The summed E-state index contributed by atoms with van der Waals surface area (Å²) in [7, 11) is 0. The van der Waals surface area contributed by atoms with Gasteiger partial charge in [-0.05, 0) is 26.2 Å². The highest BCUT2D eigenvalue weighted by molar-refractivity contribution is 9.09. The third-order valence-corrected chi connectivity index (χ3v) is 3.28. The van der Waals surface area contributed by atoms with Crippen LogP contribution in [-0.2, 0) is 9.53 Å². The number of amides is 1. The van der Waals surface area contributed by atoms with Gasteiger partial charge in [0.15, 0.2) is 0 Å². The van der Waals surface area contributed by atoms with Gasteiger partial charge in [0, 0.05) is 11.9 Å². The quantitative estimate of drug-likeness (QED) is 0.785. The number of carbonyl (C=O) groups excluding carboxylic acids is 1. The van der Waals surface area contributed by atoms with Crippen LogP contribution in [0.1, 0.15) is 34.6 Å². The van der Waals surface area contributed by atoms with Crippen LogP contribution in [0.15, 0.2) is 0 Å². The first-order valence-electron chi connectivity index (χ1n) is 5.13. The van der Waals surface area contributed by atoms with Crippen molar-refractivity contribution in [1.29, 1.82) is 0 Å². The molecule has 0 aliphatic carbocycles. The topological polar surface area (TPSA) is 38.3 Å². The maximum absolute atomic E-state index is 11.4. The average Bonchev–Trinajstić information content (AvgIpc) is 2.10. The zero-order valence-corrected chi connectivity index (χ0v) is 11.9. The zero-order chi connectivity index (χ0) is 12.1. The highest BCUT2D eigenvalue weighted by Crippen LogP contribution is 2.16. The summed E-state index contributed by atoms with van der Waals surface area (Å²) in [5.74, 6) is -0.0565. The second kappa shape index (κ2) is 5.85. The van der Waals surface area contributed by atoms with Gasteiger partial charge < -0.3 is 10.1 Å². The van der Waals surface area contributed by atoms with Crippen molar-refractivity contribution < 1.29 is 9.53 Å². The van der Waals surface area contributed by atoms with Gasteiger partial charge >= 0.3 is 0 Å². The molecule has 90 valence electrons. The van der Waals surface area contributed by atoms with Crippen molar-refractivity contribution in [1.82, 2.24) is 5.32 Å². The molecule has 0 radical (unpaired) electrons. The van der Waals surface area contributed by atoms with E-state index in [4.69, 9.17) is 4.74 Å². The van der Waals surface area contributed by atoms with Gasteiger partial charge in [-0.25, -0.2) is 0 Å². The van der Waals surface area contributed by atoms with E-state index in [1.165, 1.54) is 0 Å². The minimum absolute atomic E-state index is 0.0565. The Morgan fingerprint density at radius 3 is 2.20 bits per heavy atom. The molecule has 4 heteroatoms. The monoisotopic (exact) mass is 279 g/mol. The van der Waals surface area contributed by atoms with E-state index in [0.29, 0.717) is 6.54 Å². The molecule has 0 aromatic carbocycles. The Labute approximate surface area is 101 Å². The third kappa shape index (κ3) is 8.88. The molecule has 15 heavy (non-hydrogen) atoms. The van der Waals surface area contributed by atoms with Gasteiger partial charge in [-0.2, -0.15) is 0 Å². The first-order chi connectivity index (χ1) is 6.66. The highest BCUT2D eigenvalue weighted by atomic mass is 79.9. The third-order valence-electron chi connectivity index (χ3n) is 1.76. The van der Waals surface area contributed by atoms with Crippen molar-refractivity contribution >= 4 is 21.8 Å². The second-order valence-electron chi connectivity index (χ2n) is 5.48. The van der Waals surface area contributed by atoms with E-state index >= 15 is 0 Å². The lowest BCUT2D eigenvalue weighted by atomic mass is 9.97. The van der Waals surface area contributed by atoms with E-state index < -0.39 is 0 Å². The smallest absolute Gasteiger partial charge is 0.246 e. The minimum Gasteiger partial charge on any atom is -0.366 e. The molecule has 0 fully saturated rings. The molecule has 0 rings (SSSR count). The number of ether oxygens (including phenoxy) is 1. The summed E-state index contributed by atoms with van der Waals surface area (Å²) in [6.07, 6.45) is 0. The lowest BCUT2D eigenvalue weighted by molar-refractivity contribution is -0.130. The molecule has 0 aromatic heterocycles. The van der Waals surface area contributed by atoms with Gasteiger partial charge in [0.2, 0.25) is 5.91 Å². The fourth-order valence-electron chi connectivity index (χ4n) is 0.718. The summed E-state index contributed by atoms with van der Waals surface area (Å²) in [5.41, 5.74) is -0.181. The molecule has 0 heterocycles. The zero-order valence-electron chi connectivity index (χ0n) is 10.3. The number of hydrogen-bond acceptors (Lipinski definition) is 2. The predicted octanol–water partition coefficient (Wildman–Crippen LogP) is 2.34. The van der Waals surface area contributed by atoms with E-state index in [1.54, 1.807) is 0 Å². The van der Waals surface area contributed by atoms with Crippen molar-refractivity contribution in [3.05, 3.63) is 0 Å². The van der Waals surface area contributed by atoms with E-state index in [-0.39, 0.29) is 23.5 Å². The fraction of sp³-hybridized carbons (Fsp3) is 0.909. The molecular formula is C11H22BrNO2. The summed E-state index contributed by atoms with van der Waals surface area (Å²) in [5, 5.41) is 3.71. The van der Waals surface area contributed by atoms with Gasteiger partial charge in [0.05, 0.1) is 5.60 Å². The lowest BCUT2D eigenvalue weighted by Gasteiger charge is -2.23. The molecule has 0 spiro atoms. The number of hydrogen-bond donors (Lipinski definition) is 1. The molecule has 0 atom stereocenters. The fourth-order valence-corrected chi connectivity index (χ4v) is 0.916. The maximum Gasteiger partial charge on any atom is 0.246 e. The lowest BCUT2D eigenvalue weighted by Crippen LogP contribution is -2.38. The highest BCUT2D eigenvalue weighted by Gasteiger charge is 2.18. The largest absolute Gasteiger partial charge is 0.366 e. The molecule has 0 unspecified atom stereocenters. The van der Waals surface area contributed by atoms with Gasteiger partial charge in [-0.1, -0.05) is 29.8 Å². The second-order valence-corrected chi connectivity index (χ2v) is 6.04. The van der Waals surface area contributed by atoms with Gasteiger partial charge in [-0.3, -0.25) is 4.79 Å². The molecule has 0 aromatic rings. The summed E-state index contributed by atoms with van der Waals surface area (Å²) in [6.45, 7) is 10.8. The van der Waals surface area contributed by atoms with Gasteiger partial charge in [0.25, 0.3) is 0 Å². The molecule has 0 bridgehead atoms. The Morgan fingerprint density at radius 2 is 1.80 bits per heavy atom. The van der Waals surface area contributed by atoms with Crippen LogP contribution in [0.25, 0.3) is 0 Å². The Balaban J connectivity index is 3.77. The predicted molar refractivity (Wildman–Crippen MR) is 66.3 cm³/mol. The molecule has 1 amide bonds. The molecule has 0 aliphatic heterocycles. The average molecular weight is 280 g/mol. The Kier molecular flexibility index (Phi) is 5.81. The molecule has 3 nitrogen and oxygen atoms in total. The van der Waals surface area contributed by atoms with Crippen LogP contribution >= 0.6 is 15.9 Å². The molecule has 0 saturated heterocycles. The summed E-state index contributed by atoms with van der Waals surface area (Å²) < 4.78 is 5.37. The van der Waals surface area contributed by atoms with Crippen LogP contribution in [-0.4, -0.2) is 30.0 Å². The SMILES string of the molecule is CC(C)(CBr)CNC(=O)COC(C)(C)C. The summed E-state index contributed by atoms with van der Waals surface area (Å²) in [4.78, 5) is 11.4. The van der Waals surface area contributed by atoms with Crippen molar-refractivity contribution in [3.8, 4) is 0 Å². The number of carbonyl (C=O) groups is 1. The van der Waals surface area contributed by atoms with Crippen molar-refractivity contribution in [2.24, 2.45) is 5.41 Å². The van der Waals surface area contributed by atoms with E-state index in [9.17, 15) is 4.79 Å². The molecule has 1 N–H and O–H groups in total. The number of halogens is 1. The van der Waals surface area contributed by atoms with E-state index in [1.807, 2.05) is 20.8 Å². The first-order valence-corrected chi connectivity index (χ1v) is 6.25. The van der Waals surface area contributed by atoms with Gasteiger partial charge in [-0.15, -0.1) is 0 Å². The Hall–Kier alpha value is -0.0900. The van der Waals surface area contributed by atoms with Crippen LogP contribution in [0.5, 0.6) is 0 Å². The number of alkyl halides is 1. The minimum atomic E-state index is -0.262. The van der Waals surface area contributed by atoms with Crippen LogP contribution in [0.3, 0.4) is 0 Å². The van der Waals surface area contributed by atoms with E-state index in [0.717, 1.165) is 5.33 Å². The first kappa shape index (κ1) is 14.9. The van der Waals surface area contributed by atoms with E-state index in [2.05, 4.69) is 35.1 Å². The van der Waals surface area contributed by atoms with Crippen LogP contribution in [0.2, 0.25) is 0 Å². The van der Waals surface area contributed by atoms with Crippen LogP contribution in [0, 0.1) is 5.41 Å². The van der Waals surface area contributed by atoms with Crippen molar-refractivity contribution in [2.75, 3.05) is 18.5 Å². The Morgan fingerprint density at radius 1 is 1.27 bits per heavy atom. The summed E-state index contributed by atoms with van der Waals surface area (Å²) in [6, 6.07) is 0. The van der Waals surface area contributed by atoms with Gasteiger partial charge in [0.1, 0.15) is 6.61 Å². The van der Waals surface area contributed by atoms with Crippen molar-refractivity contribution in [3.63, 3.8) is 0 Å². The van der Waals surface area contributed by atoms with Crippen molar-refractivity contribution in [2.45, 2.75) is 40.2 Å². The normalized spacial score (nSPS) is 12.7. The Bertz CT molecular complexity index is 209.